The molecule has 0 atom stereocenters. The fraction of sp³-hybridized carbons (Fsp3) is 0.250. The number of esters is 1. The number of aromatic nitrogens is 1. The first-order chi connectivity index (χ1) is 16.0. The van der Waals surface area contributed by atoms with E-state index in [4.69, 9.17) is 14.2 Å². The molecule has 0 saturated heterocycles. The van der Waals surface area contributed by atoms with Gasteiger partial charge in [-0.25, -0.2) is 9.78 Å². The summed E-state index contributed by atoms with van der Waals surface area (Å²) in [7, 11) is 3.17. The molecular formula is C24H22N2O6S. The number of hydrogen-bond donors (Lipinski definition) is 0. The summed E-state index contributed by atoms with van der Waals surface area (Å²) < 4.78 is 15.6. The summed E-state index contributed by atoms with van der Waals surface area (Å²) >= 11 is 1.44. The number of carbonyl (C=O) groups is 3. The topological polar surface area (TPSA) is 95.0 Å². The Morgan fingerprint density at radius 1 is 1.06 bits per heavy atom. The van der Waals surface area contributed by atoms with Crippen LogP contribution in [0.4, 0.5) is 0 Å². The number of fused-ring (bicyclic) bond motifs is 1. The SMILES string of the molecule is COCCCN1C(=O)c2ccc(C(=O)OCc3csc(-c4cccc(OC)c4)n3)cc2C1=O. The second kappa shape index (κ2) is 9.93. The number of rotatable bonds is 9. The normalized spacial score (nSPS) is 12.7. The van der Waals surface area contributed by atoms with Crippen LogP contribution in [0.2, 0.25) is 0 Å². The van der Waals surface area contributed by atoms with Crippen LogP contribution in [0, 0.1) is 0 Å². The maximum Gasteiger partial charge on any atom is 0.338 e. The predicted molar refractivity (Wildman–Crippen MR) is 122 cm³/mol. The van der Waals surface area contributed by atoms with Gasteiger partial charge in [-0.2, -0.15) is 0 Å². The molecule has 2 amide bonds. The number of ether oxygens (including phenoxy) is 3. The van der Waals surface area contributed by atoms with Crippen LogP contribution in [0.25, 0.3) is 10.6 Å². The average Bonchev–Trinajstić information content (AvgIpc) is 3.41. The van der Waals surface area contributed by atoms with Crippen molar-refractivity contribution in [3.63, 3.8) is 0 Å². The molecule has 8 nitrogen and oxygen atoms in total. The second-order valence-corrected chi connectivity index (χ2v) is 8.18. The maximum absolute atomic E-state index is 12.6. The summed E-state index contributed by atoms with van der Waals surface area (Å²) in [5.41, 5.74) is 2.23. The van der Waals surface area contributed by atoms with Gasteiger partial charge >= 0.3 is 5.97 Å². The molecule has 0 saturated carbocycles. The Labute approximate surface area is 194 Å². The zero-order valence-corrected chi connectivity index (χ0v) is 19.0. The zero-order valence-electron chi connectivity index (χ0n) is 18.2. The summed E-state index contributed by atoms with van der Waals surface area (Å²) in [6.07, 6.45) is 0.544. The molecule has 33 heavy (non-hydrogen) atoms. The van der Waals surface area contributed by atoms with Crippen LogP contribution in [0.1, 0.15) is 43.2 Å². The number of hydrogen-bond acceptors (Lipinski definition) is 8. The molecule has 0 N–H and O–H groups in total. The minimum absolute atomic E-state index is 0.00753. The molecule has 0 aliphatic carbocycles. The summed E-state index contributed by atoms with van der Waals surface area (Å²) in [6.45, 7) is 0.701. The molecule has 1 aliphatic heterocycles. The first kappa shape index (κ1) is 22.6. The van der Waals surface area contributed by atoms with Crippen LogP contribution >= 0.6 is 11.3 Å². The van der Waals surface area contributed by atoms with E-state index in [0.717, 1.165) is 16.3 Å². The van der Waals surface area contributed by atoms with Crippen LogP contribution in [0.5, 0.6) is 5.75 Å². The van der Waals surface area contributed by atoms with Crippen LogP contribution in [-0.2, 0) is 16.1 Å². The molecule has 1 aromatic heterocycles. The lowest BCUT2D eigenvalue weighted by molar-refractivity contribution is 0.0468. The van der Waals surface area contributed by atoms with Crippen LogP contribution in [0.15, 0.2) is 47.8 Å². The number of thiazole rings is 1. The molecule has 1 aliphatic rings. The fourth-order valence-corrected chi connectivity index (χ4v) is 4.27. The van der Waals surface area contributed by atoms with Gasteiger partial charge in [-0.05, 0) is 36.8 Å². The lowest BCUT2D eigenvalue weighted by Gasteiger charge is -2.12. The van der Waals surface area contributed by atoms with Crippen molar-refractivity contribution in [2.75, 3.05) is 27.4 Å². The summed E-state index contributed by atoms with van der Waals surface area (Å²) in [5, 5.41) is 2.61. The standard InChI is InChI=1S/C24H22N2O6S/c1-30-10-4-9-26-22(27)19-8-7-16(12-20(19)23(26)28)24(29)32-13-17-14-33-21(25-17)15-5-3-6-18(11-15)31-2/h3,5-8,11-12,14H,4,9-10,13H2,1-2H3. The zero-order chi connectivity index (χ0) is 23.4. The molecule has 4 rings (SSSR count). The Bertz CT molecular complexity index is 1210. The second-order valence-electron chi connectivity index (χ2n) is 7.32. The predicted octanol–water partition coefficient (Wildman–Crippen LogP) is 3.81. The van der Waals surface area contributed by atoms with Gasteiger partial charge in [-0.15, -0.1) is 11.3 Å². The molecule has 9 heteroatoms. The molecule has 170 valence electrons. The first-order valence-electron chi connectivity index (χ1n) is 10.3. The third-order valence-electron chi connectivity index (χ3n) is 5.16. The van der Waals surface area contributed by atoms with E-state index in [1.54, 1.807) is 14.2 Å². The molecule has 0 radical (unpaired) electrons. The van der Waals surface area contributed by atoms with E-state index in [2.05, 4.69) is 4.98 Å². The van der Waals surface area contributed by atoms with Crippen molar-refractivity contribution in [2.45, 2.75) is 13.0 Å². The molecule has 2 aromatic carbocycles. The number of nitrogens with zero attached hydrogens (tertiary/aromatic N) is 2. The lowest BCUT2D eigenvalue weighted by atomic mass is 10.1. The van der Waals surface area contributed by atoms with Crippen molar-refractivity contribution < 1.29 is 28.6 Å². The Morgan fingerprint density at radius 3 is 2.67 bits per heavy atom. The molecule has 2 heterocycles. The number of imide groups is 1. The van der Waals surface area contributed by atoms with Gasteiger partial charge in [0.25, 0.3) is 11.8 Å². The smallest absolute Gasteiger partial charge is 0.338 e. The van der Waals surface area contributed by atoms with Crippen LogP contribution in [0.3, 0.4) is 0 Å². The van der Waals surface area contributed by atoms with Gasteiger partial charge in [0.15, 0.2) is 0 Å². The molecule has 3 aromatic rings. The summed E-state index contributed by atoms with van der Waals surface area (Å²) in [6, 6.07) is 12.0. The number of carbonyl (C=O) groups excluding carboxylic acids is 3. The third-order valence-corrected chi connectivity index (χ3v) is 6.10. The maximum atomic E-state index is 12.6. The monoisotopic (exact) mass is 466 g/mol. The van der Waals surface area contributed by atoms with Crippen molar-refractivity contribution in [3.8, 4) is 16.3 Å². The highest BCUT2D eigenvalue weighted by atomic mass is 32.1. The van der Waals surface area contributed by atoms with E-state index in [-0.39, 0.29) is 35.7 Å². The van der Waals surface area contributed by atoms with E-state index >= 15 is 0 Å². The van der Waals surface area contributed by atoms with Crippen LogP contribution in [-0.4, -0.2) is 55.0 Å². The molecule has 0 bridgehead atoms. The Morgan fingerprint density at radius 2 is 1.88 bits per heavy atom. The molecule has 0 fully saturated rings. The van der Waals surface area contributed by atoms with Crippen molar-refractivity contribution >= 4 is 29.1 Å². The fourth-order valence-electron chi connectivity index (χ4n) is 3.47. The van der Waals surface area contributed by atoms with Gasteiger partial charge in [0.2, 0.25) is 0 Å². The van der Waals surface area contributed by atoms with E-state index in [9.17, 15) is 14.4 Å². The third kappa shape index (κ3) is 4.79. The van der Waals surface area contributed by atoms with Gasteiger partial charge in [-0.3, -0.25) is 14.5 Å². The van der Waals surface area contributed by atoms with Crippen molar-refractivity contribution in [3.05, 3.63) is 70.2 Å². The Kier molecular flexibility index (Phi) is 6.81. The van der Waals surface area contributed by atoms with Gasteiger partial charge in [0, 0.05) is 31.2 Å². The minimum Gasteiger partial charge on any atom is -0.497 e. The van der Waals surface area contributed by atoms with E-state index < -0.39 is 11.9 Å². The van der Waals surface area contributed by atoms with E-state index in [1.165, 1.54) is 34.4 Å². The number of amides is 2. The van der Waals surface area contributed by atoms with Crippen molar-refractivity contribution in [1.29, 1.82) is 0 Å². The Hall–Kier alpha value is -3.56. The average molecular weight is 467 g/mol. The summed E-state index contributed by atoms with van der Waals surface area (Å²) in [5.74, 6) is -0.633. The van der Waals surface area contributed by atoms with Crippen molar-refractivity contribution in [2.24, 2.45) is 0 Å². The quantitative estimate of drug-likeness (QED) is 0.269. The molecular weight excluding hydrogens is 444 g/mol. The number of methoxy groups -OCH3 is 2. The van der Waals surface area contributed by atoms with Gasteiger partial charge in [-0.1, -0.05) is 12.1 Å². The van der Waals surface area contributed by atoms with E-state index in [0.29, 0.717) is 18.7 Å². The van der Waals surface area contributed by atoms with Gasteiger partial charge in [0.05, 0.1) is 29.5 Å². The van der Waals surface area contributed by atoms with Gasteiger partial charge < -0.3 is 14.2 Å². The lowest BCUT2D eigenvalue weighted by Crippen LogP contribution is -2.31. The first-order valence-corrected chi connectivity index (χ1v) is 11.1. The molecule has 0 unspecified atom stereocenters. The van der Waals surface area contributed by atoms with Gasteiger partial charge in [0.1, 0.15) is 17.4 Å². The summed E-state index contributed by atoms with van der Waals surface area (Å²) in [4.78, 5) is 43.4. The largest absolute Gasteiger partial charge is 0.497 e. The van der Waals surface area contributed by atoms with Crippen molar-refractivity contribution in [1.82, 2.24) is 9.88 Å². The Balaban J connectivity index is 1.41. The highest BCUT2D eigenvalue weighted by Gasteiger charge is 2.35. The molecule has 0 spiro atoms. The van der Waals surface area contributed by atoms with E-state index in [1.807, 2.05) is 29.6 Å². The van der Waals surface area contributed by atoms with Crippen LogP contribution < -0.4 is 4.74 Å². The highest BCUT2D eigenvalue weighted by Crippen LogP contribution is 2.28. The minimum atomic E-state index is -0.591. The highest BCUT2D eigenvalue weighted by molar-refractivity contribution is 7.13. The number of benzene rings is 2.